The monoisotopic (exact) mass is 405 g/mol. The van der Waals surface area contributed by atoms with E-state index in [-0.39, 0.29) is 0 Å². The molecular weight excluding hydrogens is 386 g/mol. The van der Waals surface area contributed by atoms with Crippen LogP contribution in [0.2, 0.25) is 0 Å². The topological polar surface area (TPSA) is 32.7 Å². The van der Waals surface area contributed by atoms with Gasteiger partial charge in [-0.25, -0.2) is 0 Å². The third-order valence-electron chi connectivity index (χ3n) is 3.67. The number of aliphatic hydroxyl groups excluding tert-OH is 1. The molecule has 1 aliphatic rings. The van der Waals surface area contributed by atoms with Crippen LogP contribution in [0.5, 0.6) is 5.75 Å². The number of ether oxygens (including phenoxy) is 1. The SMILES string of the molecule is CC1CCN(CC(O)COc2ccc(Br)cc2Br)CC1. The van der Waals surface area contributed by atoms with Crippen molar-refractivity contribution in [1.82, 2.24) is 4.90 Å². The third kappa shape index (κ3) is 5.02. The highest BCUT2D eigenvalue weighted by molar-refractivity contribution is 9.11. The molecule has 0 amide bonds. The lowest BCUT2D eigenvalue weighted by atomic mass is 9.99. The lowest BCUT2D eigenvalue weighted by Gasteiger charge is -2.31. The van der Waals surface area contributed by atoms with E-state index in [0.29, 0.717) is 13.2 Å². The second kappa shape index (κ2) is 7.78. The molecule has 1 heterocycles. The molecule has 112 valence electrons. The normalized spacial score (nSPS) is 19.0. The summed E-state index contributed by atoms with van der Waals surface area (Å²) in [7, 11) is 0. The Morgan fingerprint density at radius 3 is 2.70 bits per heavy atom. The summed E-state index contributed by atoms with van der Waals surface area (Å²) in [5.41, 5.74) is 0. The van der Waals surface area contributed by atoms with E-state index in [2.05, 4.69) is 43.7 Å². The summed E-state index contributed by atoms with van der Waals surface area (Å²) < 4.78 is 7.57. The molecule has 1 atom stereocenters. The van der Waals surface area contributed by atoms with Crippen LogP contribution in [0.15, 0.2) is 27.1 Å². The Kier molecular flexibility index (Phi) is 6.33. The molecule has 0 aliphatic carbocycles. The largest absolute Gasteiger partial charge is 0.490 e. The standard InChI is InChI=1S/C15H21Br2NO2/c1-11-4-6-18(7-5-11)9-13(19)10-20-15-3-2-12(16)8-14(15)17/h2-3,8,11,13,19H,4-7,9-10H2,1H3. The van der Waals surface area contributed by atoms with Gasteiger partial charge >= 0.3 is 0 Å². The van der Waals surface area contributed by atoms with Crippen LogP contribution in [-0.4, -0.2) is 42.4 Å². The van der Waals surface area contributed by atoms with E-state index in [1.54, 1.807) is 0 Å². The Morgan fingerprint density at radius 2 is 2.05 bits per heavy atom. The summed E-state index contributed by atoms with van der Waals surface area (Å²) in [6.45, 7) is 5.48. The van der Waals surface area contributed by atoms with E-state index in [1.807, 2.05) is 18.2 Å². The number of benzene rings is 1. The van der Waals surface area contributed by atoms with Crippen LogP contribution in [0.4, 0.5) is 0 Å². The molecule has 1 aromatic carbocycles. The summed E-state index contributed by atoms with van der Waals surface area (Å²) in [6.07, 6.45) is 2.01. The van der Waals surface area contributed by atoms with Crippen molar-refractivity contribution in [2.24, 2.45) is 5.92 Å². The summed E-state index contributed by atoms with van der Waals surface area (Å²) in [5.74, 6) is 1.58. The van der Waals surface area contributed by atoms with Crippen LogP contribution in [0, 0.1) is 5.92 Å². The zero-order valence-corrected chi connectivity index (χ0v) is 14.9. The van der Waals surface area contributed by atoms with Gasteiger partial charge in [0.1, 0.15) is 18.5 Å². The lowest BCUT2D eigenvalue weighted by Crippen LogP contribution is -2.40. The predicted molar refractivity (Wildman–Crippen MR) is 88.2 cm³/mol. The van der Waals surface area contributed by atoms with Gasteiger partial charge in [0, 0.05) is 11.0 Å². The zero-order valence-electron chi connectivity index (χ0n) is 11.7. The lowest BCUT2D eigenvalue weighted by molar-refractivity contribution is 0.0561. The average Bonchev–Trinajstić information content (AvgIpc) is 2.40. The summed E-state index contributed by atoms with van der Waals surface area (Å²) in [4.78, 5) is 2.32. The highest BCUT2D eigenvalue weighted by atomic mass is 79.9. The third-order valence-corrected chi connectivity index (χ3v) is 4.78. The minimum absolute atomic E-state index is 0.326. The number of halogens is 2. The molecule has 0 bridgehead atoms. The second-order valence-electron chi connectivity index (χ2n) is 5.52. The van der Waals surface area contributed by atoms with Crippen LogP contribution < -0.4 is 4.74 Å². The van der Waals surface area contributed by atoms with Crippen LogP contribution in [0.3, 0.4) is 0 Å². The minimum atomic E-state index is -0.445. The number of aliphatic hydroxyl groups is 1. The zero-order chi connectivity index (χ0) is 14.5. The van der Waals surface area contributed by atoms with Gasteiger partial charge in [-0.15, -0.1) is 0 Å². The predicted octanol–water partition coefficient (Wildman–Crippen LogP) is 3.68. The summed E-state index contributed by atoms with van der Waals surface area (Å²) >= 11 is 6.86. The van der Waals surface area contributed by atoms with Crippen molar-refractivity contribution < 1.29 is 9.84 Å². The Balaban J connectivity index is 1.76. The van der Waals surface area contributed by atoms with E-state index < -0.39 is 6.10 Å². The van der Waals surface area contributed by atoms with Crippen molar-refractivity contribution in [3.63, 3.8) is 0 Å². The van der Waals surface area contributed by atoms with Gasteiger partial charge < -0.3 is 14.7 Å². The van der Waals surface area contributed by atoms with Gasteiger partial charge in [0.05, 0.1) is 4.47 Å². The van der Waals surface area contributed by atoms with Crippen molar-refractivity contribution in [1.29, 1.82) is 0 Å². The van der Waals surface area contributed by atoms with E-state index in [0.717, 1.165) is 33.7 Å². The van der Waals surface area contributed by atoms with Crippen molar-refractivity contribution in [3.05, 3.63) is 27.1 Å². The molecule has 1 fully saturated rings. The number of β-amino-alcohol motifs (C(OH)–C–C–N with tert-alkyl or cyclic N) is 1. The molecule has 5 heteroatoms. The Bertz CT molecular complexity index is 434. The maximum atomic E-state index is 10.1. The van der Waals surface area contributed by atoms with Crippen molar-refractivity contribution in [2.75, 3.05) is 26.2 Å². The van der Waals surface area contributed by atoms with Gasteiger partial charge in [-0.1, -0.05) is 22.9 Å². The molecule has 1 unspecified atom stereocenters. The van der Waals surface area contributed by atoms with E-state index >= 15 is 0 Å². The van der Waals surface area contributed by atoms with Gasteiger partial charge in [0.2, 0.25) is 0 Å². The molecule has 0 radical (unpaired) electrons. The Labute approximate surface area is 137 Å². The number of hydrogen-bond acceptors (Lipinski definition) is 3. The van der Waals surface area contributed by atoms with Crippen LogP contribution in [-0.2, 0) is 0 Å². The first-order chi connectivity index (χ1) is 9.54. The van der Waals surface area contributed by atoms with Crippen molar-refractivity contribution in [2.45, 2.75) is 25.9 Å². The van der Waals surface area contributed by atoms with Crippen molar-refractivity contribution in [3.8, 4) is 5.75 Å². The summed E-state index contributed by atoms with van der Waals surface area (Å²) in [5, 5.41) is 10.1. The Morgan fingerprint density at radius 1 is 1.35 bits per heavy atom. The van der Waals surface area contributed by atoms with Crippen molar-refractivity contribution >= 4 is 31.9 Å². The van der Waals surface area contributed by atoms with Gasteiger partial charge in [-0.05, 0) is 66.0 Å². The van der Waals surface area contributed by atoms with Gasteiger partial charge in [-0.3, -0.25) is 0 Å². The highest BCUT2D eigenvalue weighted by Crippen LogP contribution is 2.28. The quantitative estimate of drug-likeness (QED) is 0.809. The first-order valence-electron chi connectivity index (χ1n) is 7.03. The summed E-state index contributed by atoms with van der Waals surface area (Å²) in [6, 6.07) is 5.76. The molecule has 0 aromatic heterocycles. The first-order valence-corrected chi connectivity index (χ1v) is 8.61. The highest BCUT2D eigenvalue weighted by Gasteiger charge is 2.18. The number of hydrogen-bond donors (Lipinski definition) is 1. The fourth-order valence-electron chi connectivity index (χ4n) is 2.37. The average molecular weight is 407 g/mol. The molecule has 0 saturated carbocycles. The van der Waals surface area contributed by atoms with E-state index in [4.69, 9.17) is 4.74 Å². The molecule has 0 spiro atoms. The maximum Gasteiger partial charge on any atom is 0.133 e. The number of nitrogens with zero attached hydrogens (tertiary/aromatic N) is 1. The molecule has 3 nitrogen and oxygen atoms in total. The molecule has 1 aromatic rings. The second-order valence-corrected chi connectivity index (χ2v) is 7.29. The van der Waals surface area contributed by atoms with Crippen LogP contribution in [0.1, 0.15) is 19.8 Å². The fourth-order valence-corrected chi connectivity index (χ4v) is 3.54. The van der Waals surface area contributed by atoms with Gasteiger partial charge in [0.25, 0.3) is 0 Å². The minimum Gasteiger partial charge on any atom is -0.490 e. The Hall–Kier alpha value is -0.100. The molecular formula is C15H21Br2NO2. The number of likely N-dealkylation sites (tertiary alicyclic amines) is 1. The maximum absolute atomic E-state index is 10.1. The molecule has 1 aliphatic heterocycles. The molecule has 2 rings (SSSR count). The number of piperidine rings is 1. The first kappa shape index (κ1) is 16.3. The van der Waals surface area contributed by atoms with Gasteiger partial charge in [0.15, 0.2) is 0 Å². The molecule has 20 heavy (non-hydrogen) atoms. The number of rotatable bonds is 5. The fraction of sp³-hybridized carbons (Fsp3) is 0.600. The smallest absolute Gasteiger partial charge is 0.133 e. The molecule has 1 saturated heterocycles. The van der Waals surface area contributed by atoms with Gasteiger partial charge in [-0.2, -0.15) is 0 Å². The van der Waals surface area contributed by atoms with E-state index in [9.17, 15) is 5.11 Å². The van der Waals surface area contributed by atoms with E-state index in [1.165, 1.54) is 12.8 Å². The molecule has 1 N–H and O–H groups in total. The van der Waals surface area contributed by atoms with Crippen LogP contribution in [0.25, 0.3) is 0 Å². The van der Waals surface area contributed by atoms with Crippen LogP contribution >= 0.6 is 31.9 Å².